The van der Waals surface area contributed by atoms with E-state index in [1.165, 1.54) is 24.8 Å². The van der Waals surface area contributed by atoms with Crippen LogP contribution in [-0.4, -0.2) is 6.04 Å². The Balaban J connectivity index is 1.80. The topological polar surface area (TPSA) is 25.2 Å². The van der Waals surface area contributed by atoms with E-state index in [0.29, 0.717) is 6.04 Å². The zero-order valence-electron chi connectivity index (χ0n) is 13.0. The number of benzene rings is 1. The number of hydrogen-bond donors (Lipinski definition) is 1. The van der Waals surface area contributed by atoms with Gasteiger partial charge in [-0.05, 0) is 48.8 Å². The fourth-order valence-corrected chi connectivity index (χ4v) is 3.57. The summed E-state index contributed by atoms with van der Waals surface area (Å²) in [6.07, 6.45) is 5.66. The summed E-state index contributed by atoms with van der Waals surface area (Å²) < 4.78 is 5.69. The van der Waals surface area contributed by atoms with Crippen molar-refractivity contribution in [2.24, 2.45) is 11.8 Å². The first kappa shape index (κ1) is 14.4. The van der Waals surface area contributed by atoms with Crippen LogP contribution < -0.4 is 5.32 Å². The summed E-state index contributed by atoms with van der Waals surface area (Å²) in [5, 5.41) is 3.85. The Morgan fingerprint density at radius 2 is 1.86 bits per heavy atom. The molecule has 4 unspecified atom stereocenters. The molecule has 1 saturated carbocycles. The second kappa shape index (κ2) is 6.48. The van der Waals surface area contributed by atoms with Gasteiger partial charge in [-0.1, -0.05) is 44.2 Å². The molecule has 1 aliphatic rings. The largest absolute Gasteiger partial charge is 0.467 e. The highest BCUT2D eigenvalue weighted by Gasteiger charge is 2.28. The Hall–Kier alpha value is -1.54. The molecule has 0 aliphatic heterocycles. The molecular weight excluding hydrogens is 258 g/mol. The van der Waals surface area contributed by atoms with Crippen LogP contribution in [0.2, 0.25) is 0 Å². The summed E-state index contributed by atoms with van der Waals surface area (Å²) in [4.78, 5) is 0. The molecule has 2 nitrogen and oxygen atoms in total. The molecule has 4 atom stereocenters. The minimum atomic E-state index is 0.155. The average molecular weight is 283 g/mol. The maximum Gasteiger partial charge on any atom is 0.125 e. The predicted octanol–water partition coefficient (Wildman–Crippen LogP) is 4.78. The Bertz CT molecular complexity index is 534. The van der Waals surface area contributed by atoms with Crippen molar-refractivity contribution in [2.75, 3.05) is 0 Å². The van der Waals surface area contributed by atoms with Crippen LogP contribution >= 0.6 is 0 Å². The molecule has 3 rings (SSSR count). The van der Waals surface area contributed by atoms with E-state index in [0.717, 1.165) is 17.6 Å². The fraction of sp³-hybridized carbons (Fsp3) is 0.474. The fourth-order valence-electron chi connectivity index (χ4n) is 3.57. The molecule has 2 aromatic rings. The van der Waals surface area contributed by atoms with E-state index in [-0.39, 0.29) is 6.04 Å². The van der Waals surface area contributed by atoms with Gasteiger partial charge in [0.1, 0.15) is 5.76 Å². The van der Waals surface area contributed by atoms with Crippen LogP contribution in [0.5, 0.6) is 0 Å². The van der Waals surface area contributed by atoms with E-state index in [4.69, 9.17) is 4.42 Å². The van der Waals surface area contributed by atoms with Gasteiger partial charge in [0.15, 0.2) is 0 Å². The van der Waals surface area contributed by atoms with Gasteiger partial charge in [-0.2, -0.15) is 0 Å². The summed E-state index contributed by atoms with van der Waals surface area (Å²) in [7, 11) is 0. The van der Waals surface area contributed by atoms with Crippen LogP contribution in [0, 0.1) is 11.8 Å². The molecule has 0 saturated heterocycles. The number of furan rings is 1. The molecule has 1 aromatic carbocycles. The first-order chi connectivity index (χ1) is 10.2. The first-order valence-corrected chi connectivity index (χ1v) is 8.08. The highest BCUT2D eigenvalue weighted by molar-refractivity contribution is 5.26. The molecule has 1 N–H and O–H groups in total. The summed E-state index contributed by atoms with van der Waals surface area (Å²) >= 11 is 0. The Morgan fingerprint density at radius 3 is 2.52 bits per heavy atom. The lowest BCUT2D eigenvalue weighted by Crippen LogP contribution is -2.41. The summed E-state index contributed by atoms with van der Waals surface area (Å²) in [6, 6.07) is 15.4. The van der Waals surface area contributed by atoms with Gasteiger partial charge < -0.3 is 9.73 Å². The maximum atomic E-state index is 5.69. The van der Waals surface area contributed by atoms with Crippen molar-refractivity contribution >= 4 is 0 Å². The molecule has 1 aliphatic carbocycles. The Morgan fingerprint density at radius 1 is 1.05 bits per heavy atom. The van der Waals surface area contributed by atoms with Crippen molar-refractivity contribution < 1.29 is 4.42 Å². The average Bonchev–Trinajstić information content (AvgIpc) is 3.01. The molecule has 0 spiro atoms. The molecule has 1 fully saturated rings. The van der Waals surface area contributed by atoms with Crippen molar-refractivity contribution in [1.82, 2.24) is 5.32 Å². The lowest BCUT2D eigenvalue weighted by atomic mass is 9.79. The monoisotopic (exact) mass is 283 g/mol. The number of nitrogens with one attached hydrogen (secondary N) is 1. The van der Waals surface area contributed by atoms with Gasteiger partial charge in [-0.25, -0.2) is 0 Å². The summed E-state index contributed by atoms with van der Waals surface area (Å²) in [5.41, 5.74) is 1.28. The smallest absolute Gasteiger partial charge is 0.125 e. The van der Waals surface area contributed by atoms with E-state index in [1.54, 1.807) is 6.26 Å². The Labute approximate surface area is 127 Å². The zero-order chi connectivity index (χ0) is 14.7. The van der Waals surface area contributed by atoms with E-state index in [2.05, 4.69) is 55.6 Å². The highest BCUT2D eigenvalue weighted by Crippen LogP contribution is 2.32. The van der Waals surface area contributed by atoms with Crippen LogP contribution in [0.3, 0.4) is 0 Å². The minimum absolute atomic E-state index is 0.155. The second-order valence-electron chi connectivity index (χ2n) is 6.53. The molecular formula is C19H25NO. The van der Waals surface area contributed by atoms with Gasteiger partial charge in [0.05, 0.1) is 12.3 Å². The van der Waals surface area contributed by atoms with Gasteiger partial charge >= 0.3 is 0 Å². The third kappa shape index (κ3) is 3.38. The van der Waals surface area contributed by atoms with Crippen molar-refractivity contribution in [3.63, 3.8) is 0 Å². The lowest BCUT2D eigenvalue weighted by Gasteiger charge is -2.35. The molecule has 21 heavy (non-hydrogen) atoms. The van der Waals surface area contributed by atoms with E-state index >= 15 is 0 Å². The SMILES string of the molecule is CC1CCC(NC(c2ccccc2)c2ccco2)C(C)C1. The first-order valence-electron chi connectivity index (χ1n) is 8.08. The molecule has 2 heteroatoms. The van der Waals surface area contributed by atoms with Crippen molar-refractivity contribution in [1.29, 1.82) is 0 Å². The van der Waals surface area contributed by atoms with Gasteiger partial charge in [0.2, 0.25) is 0 Å². The van der Waals surface area contributed by atoms with Gasteiger partial charge in [-0.15, -0.1) is 0 Å². The Kier molecular flexibility index (Phi) is 4.45. The van der Waals surface area contributed by atoms with Gasteiger partial charge in [0.25, 0.3) is 0 Å². The third-order valence-corrected chi connectivity index (χ3v) is 4.77. The van der Waals surface area contributed by atoms with E-state index < -0.39 is 0 Å². The van der Waals surface area contributed by atoms with Gasteiger partial charge in [-0.3, -0.25) is 0 Å². The van der Waals surface area contributed by atoms with Crippen LogP contribution in [0.1, 0.15) is 50.5 Å². The van der Waals surface area contributed by atoms with Crippen molar-refractivity contribution in [3.05, 3.63) is 60.1 Å². The normalized spacial score (nSPS) is 27.4. The van der Waals surface area contributed by atoms with E-state index in [1.807, 2.05) is 6.07 Å². The van der Waals surface area contributed by atoms with Crippen LogP contribution in [0.4, 0.5) is 0 Å². The lowest BCUT2D eigenvalue weighted by molar-refractivity contribution is 0.214. The third-order valence-electron chi connectivity index (χ3n) is 4.77. The maximum absolute atomic E-state index is 5.69. The summed E-state index contributed by atoms with van der Waals surface area (Å²) in [5.74, 6) is 2.58. The molecule has 1 heterocycles. The van der Waals surface area contributed by atoms with Crippen LogP contribution in [0.15, 0.2) is 53.1 Å². The molecule has 0 radical (unpaired) electrons. The highest BCUT2D eigenvalue weighted by atomic mass is 16.3. The minimum Gasteiger partial charge on any atom is -0.467 e. The zero-order valence-corrected chi connectivity index (χ0v) is 13.0. The number of hydrogen-bond acceptors (Lipinski definition) is 2. The molecule has 0 bridgehead atoms. The van der Waals surface area contributed by atoms with Crippen LogP contribution in [0.25, 0.3) is 0 Å². The molecule has 0 amide bonds. The van der Waals surface area contributed by atoms with Gasteiger partial charge in [0, 0.05) is 6.04 Å². The quantitative estimate of drug-likeness (QED) is 0.873. The second-order valence-corrected chi connectivity index (χ2v) is 6.53. The predicted molar refractivity (Wildman–Crippen MR) is 86.1 cm³/mol. The van der Waals surface area contributed by atoms with Crippen molar-refractivity contribution in [3.8, 4) is 0 Å². The van der Waals surface area contributed by atoms with E-state index in [9.17, 15) is 0 Å². The summed E-state index contributed by atoms with van der Waals surface area (Å²) in [6.45, 7) is 4.74. The van der Waals surface area contributed by atoms with Crippen LogP contribution in [-0.2, 0) is 0 Å². The molecule has 1 aromatic heterocycles. The molecule has 112 valence electrons. The standard InChI is InChI=1S/C19H25NO/c1-14-10-11-17(15(2)13-14)20-19(18-9-6-12-21-18)16-7-4-3-5-8-16/h3-9,12,14-15,17,19-20H,10-11,13H2,1-2H3. The number of rotatable bonds is 4. The van der Waals surface area contributed by atoms with Crippen molar-refractivity contribution in [2.45, 2.75) is 45.2 Å².